The van der Waals surface area contributed by atoms with E-state index < -0.39 is 0 Å². The Labute approximate surface area is 118 Å². The number of aromatic nitrogens is 1. The Morgan fingerprint density at radius 2 is 2.25 bits per heavy atom. The lowest BCUT2D eigenvalue weighted by molar-refractivity contribution is 0.277. The van der Waals surface area contributed by atoms with Crippen LogP contribution in [0.25, 0.3) is 0 Å². The van der Waals surface area contributed by atoms with Crippen molar-refractivity contribution in [3.63, 3.8) is 0 Å². The molecule has 0 spiro atoms. The van der Waals surface area contributed by atoms with Crippen LogP contribution >= 0.6 is 0 Å². The molecule has 2 heterocycles. The van der Waals surface area contributed by atoms with Gasteiger partial charge in [-0.1, -0.05) is 0 Å². The number of hydrogen-bond acceptors (Lipinski definition) is 4. The van der Waals surface area contributed by atoms with Crippen molar-refractivity contribution in [2.75, 3.05) is 20.6 Å². The standard InChI is InChI=1S/C15H20FN3O/c1-17-14(15-6-5-12(16)10-18-15)7-8-19(2)11-13-4-3-9-20-13/h3-6,9-10,14,17H,7-8,11H2,1-2H3. The number of furan rings is 1. The Kier molecular flexibility index (Phi) is 5.26. The summed E-state index contributed by atoms with van der Waals surface area (Å²) in [7, 11) is 3.94. The van der Waals surface area contributed by atoms with Gasteiger partial charge in [0.2, 0.25) is 0 Å². The molecule has 1 unspecified atom stereocenters. The predicted octanol–water partition coefficient (Wildman–Crippen LogP) is 2.60. The van der Waals surface area contributed by atoms with E-state index in [0.717, 1.165) is 31.0 Å². The van der Waals surface area contributed by atoms with Gasteiger partial charge in [-0.05, 0) is 44.8 Å². The zero-order chi connectivity index (χ0) is 14.4. The minimum absolute atomic E-state index is 0.120. The van der Waals surface area contributed by atoms with Crippen LogP contribution in [0.5, 0.6) is 0 Å². The maximum Gasteiger partial charge on any atom is 0.141 e. The van der Waals surface area contributed by atoms with Crippen LogP contribution in [0.4, 0.5) is 4.39 Å². The van der Waals surface area contributed by atoms with Gasteiger partial charge in [0.25, 0.3) is 0 Å². The molecule has 2 aromatic rings. The number of nitrogens with zero attached hydrogens (tertiary/aromatic N) is 2. The fourth-order valence-corrected chi connectivity index (χ4v) is 2.13. The minimum Gasteiger partial charge on any atom is -0.468 e. The first-order valence-electron chi connectivity index (χ1n) is 6.68. The molecule has 0 aliphatic heterocycles. The molecule has 1 N–H and O–H groups in total. The molecule has 4 nitrogen and oxygen atoms in total. The molecule has 20 heavy (non-hydrogen) atoms. The Hall–Kier alpha value is -1.72. The van der Waals surface area contributed by atoms with Crippen LogP contribution in [0.1, 0.15) is 23.9 Å². The van der Waals surface area contributed by atoms with Gasteiger partial charge in [-0.3, -0.25) is 9.88 Å². The van der Waals surface area contributed by atoms with Crippen LogP contribution in [0.3, 0.4) is 0 Å². The minimum atomic E-state index is -0.307. The Balaban J connectivity index is 1.85. The van der Waals surface area contributed by atoms with Gasteiger partial charge < -0.3 is 9.73 Å². The average molecular weight is 277 g/mol. The molecule has 1 atom stereocenters. The lowest BCUT2D eigenvalue weighted by Crippen LogP contribution is -2.25. The van der Waals surface area contributed by atoms with E-state index in [1.54, 1.807) is 12.3 Å². The van der Waals surface area contributed by atoms with E-state index in [1.807, 2.05) is 26.2 Å². The summed E-state index contributed by atoms with van der Waals surface area (Å²) in [5.41, 5.74) is 0.861. The van der Waals surface area contributed by atoms with Crippen molar-refractivity contribution in [3.05, 3.63) is 54.0 Å². The number of hydrogen-bond donors (Lipinski definition) is 1. The van der Waals surface area contributed by atoms with Crippen molar-refractivity contribution in [2.45, 2.75) is 19.0 Å². The van der Waals surface area contributed by atoms with Gasteiger partial charge in [0.05, 0.1) is 30.7 Å². The van der Waals surface area contributed by atoms with Gasteiger partial charge in [-0.2, -0.15) is 0 Å². The van der Waals surface area contributed by atoms with Gasteiger partial charge >= 0.3 is 0 Å². The number of rotatable bonds is 7. The van der Waals surface area contributed by atoms with Crippen molar-refractivity contribution in [1.29, 1.82) is 0 Å². The predicted molar refractivity (Wildman–Crippen MR) is 75.7 cm³/mol. The van der Waals surface area contributed by atoms with Crippen LogP contribution in [0.15, 0.2) is 41.1 Å². The molecule has 2 rings (SSSR count). The summed E-state index contributed by atoms with van der Waals surface area (Å²) in [5, 5.41) is 3.22. The van der Waals surface area contributed by atoms with Gasteiger partial charge in [0.1, 0.15) is 11.6 Å². The maximum atomic E-state index is 12.9. The molecule has 5 heteroatoms. The zero-order valence-corrected chi connectivity index (χ0v) is 11.8. The van der Waals surface area contributed by atoms with Crippen molar-refractivity contribution in [3.8, 4) is 0 Å². The summed E-state index contributed by atoms with van der Waals surface area (Å²) in [6.07, 6.45) is 3.83. The lowest BCUT2D eigenvalue weighted by Gasteiger charge is -2.20. The summed E-state index contributed by atoms with van der Waals surface area (Å²) in [6, 6.07) is 7.15. The first kappa shape index (κ1) is 14.7. The zero-order valence-electron chi connectivity index (χ0n) is 11.8. The maximum absolute atomic E-state index is 12.9. The number of pyridine rings is 1. The van der Waals surface area contributed by atoms with Crippen molar-refractivity contribution in [1.82, 2.24) is 15.2 Å². The molecule has 0 fully saturated rings. The SMILES string of the molecule is CNC(CCN(C)Cc1ccco1)c1ccc(F)cn1. The smallest absolute Gasteiger partial charge is 0.141 e. The van der Waals surface area contributed by atoms with E-state index in [-0.39, 0.29) is 11.9 Å². The van der Waals surface area contributed by atoms with E-state index >= 15 is 0 Å². The molecule has 0 saturated carbocycles. The molecule has 0 bridgehead atoms. The first-order chi connectivity index (χ1) is 9.69. The third-order valence-corrected chi connectivity index (χ3v) is 3.26. The molecule has 0 saturated heterocycles. The lowest BCUT2D eigenvalue weighted by atomic mass is 10.1. The molecule has 0 aliphatic rings. The summed E-state index contributed by atoms with van der Waals surface area (Å²) in [4.78, 5) is 6.32. The normalized spacial score (nSPS) is 12.8. The summed E-state index contributed by atoms with van der Waals surface area (Å²) in [5.74, 6) is 0.645. The van der Waals surface area contributed by atoms with E-state index in [2.05, 4.69) is 15.2 Å². The molecule has 0 amide bonds. The Morgan fingerprint density at radius 1 is 1.40 bits per heavy atom. The van der Waals surface area contributed by atoms with E-state index in [1.165, 1.54) is 12.3 Å². The Morgan fingerprint density at radius 3 is 2.85 bits per heavy atom. The van der Waals surface area contributed by atoms with Crippen molar-refractivity contribution in [2.24, 2.45) is 0 Å². The summed E-state index contributed by atoms with van der Waals surface area (Å²) >= 11 is 0. The van der Waals surface area contributed by atoms with Crippen LogP contribution in [-0.4, -0.2) is 30.5 Å². The van der Waals surface area contributed by atoms with Crippen LogP contribution in [0, 0.1) is 5.82 Å². The second kappa shape index (κ2) is 7.17. The summed E-state index contributed by atoms with van der Waals surface area (Å²) in [6.45, 7) is 1.67. The third kappa shape index (κ3) is 4.15. The van der Waals surface area contributed by atoms with E-state index in [0.29, 0.717) is 0 Å². The molecule has 0 radical (unpaired) electrons. The largest absolute Gasteiger partial charge is 0.468 e. The number of nitrogens with one attached hydrogen (secondary N) is 1. The molecule has 2 aromatic heterocycles. The highest BCUT2D eigenvalue weighted by molar-refractivity contribution is 5.09. The topological polar surface area (TPSA) is 41.3 Å². The third-order valence-electron chi connectivity index (χ3n) is 3.26. The molecule has 108 valence electrons. The second-order valence-corrected chi connectivity index (χ2v) is 4.85. The van der Waals surface area contributed by atoms with Gasteiger partial charge in [0.15, 0.2) is 0 Å². The van der Waals surface area contributed by atoms with E-state index in [9.17, 15) is 4.39 Å². The van der Waals surface area contributed by atoms with Crippen LogP contribution < -0.4 is 5.32 Å². The summed E-state index contributed by atoms with van der Waals surface area (Å²) < 4.78 is 18.2. The highest BCUT2D eigenvalue weighted by Crippen LogP contribution is 2.15. The molecular weight excluding hydrogens is 257 g/mol. The fraction of sp³-hybridized carbons (Fsp3) is 0.400. The molecule has 0 aliphatic carbocycles. The molecular formula is C15H20FN3O. The monoisotopic (exact) mass is 277 g/mol. The van der Waals surface area contributed by atoms with Crippen LogP contribution in [-0.2, 0) is 6.54 Å². The van der Waals surface area contributed by atoms with Crippen LogP contribution in [0.2, 0.25) is 0 Å². The number of halogens is 1. The highest BCUT2D eigenvalue weighted by Gasteiger charge is 2.12. The average Bonchev–Trinajstić information content (AvgIpc) is 2.94. The quantitative estimate of drug-likeness (QED) is 0.844. The second-order valence-electron chi connectivity index (χ2n) is 4.85. The van der Waals surface area contributed by atoms with Gasteiger partial charge in [-0.15, -0.1) is 0 Å². The highest BCUT2D eigenvalue weighted by atomic mass is 19.1. The Bertz CT molecular complexity index is 498. The van der Waals surface area contributed by atoms with Crippen molar-refractivity contribution >= 4 is 0 Å². The fourth-order valence-electron chi connectivity index (χ4n) is 2.13. The molecule has 0 aromatic carbocycles. The first-order valence-corrected chi connectivity index (χ1v) is 6.68. The van der Waals surface area contributed by atoms with Crippen molar-refractivity contribution < 1.29 is 8.81 Å². The van der Waals surface area contributed by atoms with E-state index in [4.69, 9.17) is 4.42 Å². The van der Waals surface area contributed by atoms with Gasteiger partial charge in [-0.25, -0.2) is 4.39 Å². The van der Waals surface area contributed by atoms with Gasteiger partial charge in [0, 0.05) is 6.54 Å².